The van der Waals surface area contributed by atoms with Crippen LogP contribution in [0.2, 0.25) is 0 Å². The Hall–Kier alpha value is -2.24. The lowest BCUT2D eigenvalue weighted by Crippen LogP contribution is -2.49. The third kappa shape index (κ3) is 5.18. The second-order valence-electron chi connectivity index (χ2n) is 7.74. The van der Waals surface area contributed by atoms with Crippen molar-refractivity contribution in [2.75, 3.05) is 56.6 Å². The van der Waals surface area contributed by atoms with Crippen molar-refractivity contribution in [1.82, 2.24) is 4.90 Å². The Balaban J connectivity index is 1.47. The Kier molecular flexibility index (Phi) is 7.18. The Bertz CT molecular complexity index is 742. The molecule has 28 heavy (non-hydrogen) atoms. The molecule has 5 heteroatoms. The predicted molar refractivity (Wildman–Crippen MR) is 117 cm³/mol. The van der Waals surface area contributed by atoms with Crippen molar-refractivity contribution in [3.8, 4) is 5.75 Å². The van der Waals surface area contributed by atoms with Gasteiger partial charge < -0.3 is 20.1 Å². The van der Waals surface area contributed by atoms with E-state index in [0.717, 1.165) is 43.3 Å². The van der Waals surface area contributed by atoms with Crippen LogP contribution in [-0.2, 0) is 0 Å². The number of nitrogens with one attached hydrogen (secondary N) is 1. The summed E-state index contributed by atoms with van der Waals surface area (Å²) in [5.74, 6) is 1.38. The molecular formula is C23H33N3O2. The van der Waals surface area contributed by atoms with Gasteiger partial charge in [-0.05, 0) is 29.7 Å². The molecule has 0 aromatic heterocycles. The van der Waals surface area contributed by atoms with E-state index in [9.17, 15) is 5.11 Å². The zero-order valence-corrected chi connectivity index (χ0v) is 17.3. The fraction of sp³-hybridized carbons (Fsp3) is 0.478. The van der Waals surface area contributed by atoms with Crippen molar-refractivity contribution >= 4 is 11.4 Å². The molecule has 0 spiro atoms. The van der Waals surface area contributed by atoms with Crippen LogP contribution in [0.15, 0.2) is 48.5 Å². The Morgan fingerprint density at radius 1 is 1.00 bits per heavy atom. The molecule has 1 fully saturated rings. The molecule has 2 N–H and O–H groups in total. The van der Waals surface area contributed by atoms with Gasteiger partial charge >= 0.3 is 0 Å². The van der Waals surface area contributed by atoms with Crippen LogP contribution in [0, 0.1) is 0 Å². The molecule has 1 atom stereocenters. The largest absolute Gasteiger partial charge is 0.495 e. The molecule has 1 aliphatic heterocycles. The smallest absolute Gasteiger partial charge is 0.142 e. The van der Waals surface area contributed by atoms with E-state index in [1.165, 1.54) is 5.56 Å². The average molecular weight is 384 g/mol. The first-order chi connectivity index (χ1) is 13.6. The lowest BCUT2D eigenvalue weighted by atomic mass is 10.0. The van der Waals surface area contributed by atoms with Crippen LogP contribution in [-0.4, -0.2) is 62.5 Å². The summed E-state index contributed by atoms with van der Waals surface area (Å²) in [6.07, 6.45) is -0.391. The van der Waals surface area contributed by atoms with E-state index in [2.05, 4.69) is 59.3 Å². The molecule has 0 aliphatic carbocycles. The molecule has 0 saturated carbocycles. The van der Waals surface area contributed by atoms with Crippen molar-refractivity contribution in [2.45, 2.75) is 25.9 Å². The lowest BCUT2D eigenvalue weighted by molar-refractivity contribution is 0.118. The molecule has 0 bridgehead atoms. The highest BCUT2D eigenvalue weighted by Crippen LogP contribution is 2.28. The number of benzene rings is 2. The van der Waals surface area contributed by atoms with Crippen molar-refractivity contribution in [2.24, 2.45) is 0 Å². The van der Waals surface area contributed by atoms with Gasteiger partial charge in [0, 0.05) is 45.0 Å². The summed E-state index contributed by atoms with van der Waals surface area (Å²) in [4.78, 5) is 4.70. The van der Waals surface area contributed by atoms with E-state index >= 15 is 0 Å². The average Bonchev–Trinajstić information content (AvgIpc) is 2.73. The number of hydrogen-bond donors (Lipinski definition) is 2. The quantitative estimate of drug-likeness (QED) is 0.732. The molecule has 5 nitrogen and oxygen atoms in total. The fourth-order valence-corrected chi connectivity index (χ4v) is 3.81. The van der Waals surface area contributed by atoms with Gasteiger partial charge in [0.15, 0.2) is 0 Å². The van der Waals surface area contributed by atoms with Crippen LogP contribution in [0.25, 0.3) is 0 Å². The molecule has 1 heterocycles. The minimum Gasteiger partial charge on any atom is -0.495 e. The number of hydrogen-bond acceptors (Lipinski definition) is 5. The summed E-state index contributed by atoms with van der Waals surface area (Å²) in [5.41, 5.74) is 3.56. The van der Waals surface area contributed by atoms with E-state index in [4.69, 9.17) is 4.74 Å². The fourth-order valence-electron chi connectivity index (χ4n) is 3.81. The van der Waals surface area contributed by atoms with E-state index in [1.807, 2.05) is 18.2 Å². The predicted octanol–water partition coefficient (Wildman–Crippen LogP) is 3.41. The Morgan fingerprint density at radius 2 is 1.68 bits per heavy atom. The summed E-state index contributed by atoms with van der Waals surface area (Å²) >= 11 is 0. The van der Waals surface area contributed by atoms with Gasteiger partial charge in [-0.25, -0.2) is 0 Å². The minimum absolute atomic E-state index is 0.391. The van der Waals surface area contributed by atoms with Gasteiger partial charge in [0.2, 0.25) is 0 Å². The van der Waals surface area contributed by atoms with Crippen LogP contribution >= 0.6 is 0 Å². The van der Waals surface area contributed by atoms with E-state index < -0.39 is 6.10 Å². The van der Waals surface area contributed by atoms with Gasteiger partial charge in [-0.3, -0.25) is 4.90 Å². The van der Waals surface area contributed by atoms with E-state index in [-0.39, 0.29) is 0 Å². The second kappa shape index (κ2) is 9.80. The standard InChI is InChI=1S/C23H33N3O2/c1-18(2)20-8-4-5-9-21(20)24-16-19(27)17-25-12-14-26(15-13-25)22-10-6-7-11-23(22)28-3/h4-11,18-19,24,27H,12-17H2,1-3H3. The SMILES string of the molecule is COc1ccccc1N1CCN(CC(O)CNc2ccccc2C(C)C)CC1. The molecule has 3 rings (SSSR count). The molecule has 0 radical (unpaired) electrons. The number of aliphatic hydroxyl groups is 1. The molecule has 152 valence electrons. The molecule has 1 unspecified atom stereocenters. The number of nitrogens with zero attached hydrogens (tertiary/aromatic N) is 2. The molecule has 1 aliphatic rings. The molecule has 0 amide bonds. The number of β-amino-alcohol motifs (C(OH)–C–C–N with tert-alkyl or cyclic N) is 1. The zero-order valence-electron chi connectivity index (χ0n) is 17.3. The van der Waals surface area contributed by atoms with Gasteiger partial charge in [0.05, 0.1) is 18.9 Å². The summed E-state index contributed by atoms with van der Waals surface area (Å²) in [6, 6.07) is 16.5. The maximum Gasteiger partial charge on any atom is 0.142 e. The summed E-state index contributed by atoms with van der Waals surface area (Å²) in [7, 11) is 1.72. The van der Waals surface area contributed by atoms with Gasteiger partial charge in [0.1, 0.15) is 5.75 Å². The van der Waals surface area contributed by atoms with Crippen LogP contribution < -0.4 is 15.0 Å². The third-order valence-electron chi connectivity index (χ3n) is 5.38. The maximum atomic E-state index is 10.5. The highest BCUT2D eigenvalue weighted by Gasteiger charge is 2.21. The van der Waals surface area contributed by atoms with E-state index in [1.54, 1.807) is 7.11 Å². The minimum atomic E-state index is -0.391. The molecular weight excluding hydrogens is 350 g/mol. The first-order valence-corrected chi connectivity index (χ1v) is 10.2. The Morgan fingerprint density at radius 3 is 2.39 bits per heavy atom. The summed E-state index contributed by atoms with van der Waals surface area (Å²) in [5, 5.41) is 13.9. The highest BCUT2D eigenvalue weighted by atomic mass is 16.5. The molecule has 2 aromatic carbocycles. The highest BCUT2D eigenvalue weighted by molar-refractivity contribution is 5.58. The van der Waals surface area contributed by atoms with Crippen molar-refractivity contribution in [1.29, 1.82) is 0 Å². The molecule has 2 aromatic rings. The van der Waals surface area contributed by atoms with Crippen molar-refractivity contribution < 1.29 is 9.84 Å². The van der Waals surface area contributed by atoms with Gasteiger partial charge in [0.25, 0.3) is 0 Å². The van der Waals surface area contributed by atoms with Gasteiger partial charge in [-0.15, -0.1) is 0 Å². The van der Waals surface area contributed by atoms with Crippen LogP contribution in [0.1, 0.15) is 25.3 Å². The van der Waals surface area contributed by atoms with Crippen LogP contribution in [0.5, 0.6) is 5.75 Å². The first-order valence-electron chi connectivity index (χ1n) is 10.2. The first kappa shape index (κ1) is 20.5. The second-order valence-corrected chi connectivity index (χ2v) is 7.74. The maximum absolute atomic E-state index is 10.5. The normalized spacial score (nSPS) is 16.2. The number of rotatable bonds is 8. The summed E-state index contributed by atoms with van der Waals surface area (Å²) in [6.45, 7) is 9.41. The van der Waals surface area contributed by atoms with Crippen LogP contribution in [0.3, 0.4) is 0 Å². The Labute approximate surface area is 168 Å². The van der Waals surface area contributed by atoms with Gasteiger partial charge in [-0.2, -0.15) is 0 Å². The topological polar surface area (TPSA) is 48.0 Å². The number of methoxy groups -OCH3 is 1. The van der Waals surface area contributed by atoms with Crippen molar-refractivity contribution in [3.63, 3.8) is 0 Å². The van der Waals surface area contributed by atoms with Crippen LogP contribution in [0.4, 0.5) is 11.4 Å². The lowest BCUT2D eigenvalue weighted by Gasteiger charge is -2.37. The number of para-hydroxylation sites is 3. The number of aliphatic hydroxyl groups excluding tert-OH is 1. The third-order valence-corrected chi connectivity index (χ3v) is 5.38. The summed E-state index contributed by atoms with van der Waals surface area (Å²) < 4.78 is 5.49. The van der Waals surface area contributed by atoms with E-state index in [0.29, 0.717) is 19.0 Å². The number of ether oxygens (including phenoxy) is 1. The number of anilines is 2. The molecule has 1 saturated heterocycles. The van der Waals surface area contributed by atoms with Gasteiger partial charge in [-0.1, -0.05) is 44.2 Å². The number of piperazine rings is 1. The van der Waals surface area contributed by atoms with Crippen molar-refractivity contribution in [3.05, 3.63) is 54.1 Å². The monoisotopic (exact) mass is 383 g/mol. The zero-order chi connectivity index (χ0) is 19.9.